The first-order chi connectivity index (χ1) is 16.3. The van der Waals surface area contributed by atoms with Crippen LogP contribution in [-0.4, -0.2) is 33.6 Å². The van der Waals surface area contributed by atoms with Crippen LogP contribution in [0.25, 0.3) is 11.1 Å². The molecule has 0 spiro atoms. The molecule has 3 heterocycles. The van der Waals surface area contributed by atoms with Crippen molar-refractivity contribution in [2.24, 2.45) is 0 Å². The van der Waals surface area contributed by atoms with Crippen LogP contribution < -0.4 is 14.8 Å². The van der Waals surface area contributed by atoms with E-state index in [9.17, 15) is 13.0 Å². The standard InChI is InChI=1S/C24H26F2N4O3S/c1-34(27,31)15-16-10-23-29-22-13-19(20(26)14-28-22)18-7-6-17(25)12-21(18)32-8-4-2-3-5-9-33-24(11-16)30-23/h6-7,10-14,27H,2-5,8-9,15H2,1H3,(H,28,29,30)/t34-/m0/s1. The minimum atomic E-state index is -2.79. The van der Waals surface area contributed by atoms with E-state index in [1.807, 2.05) is 0 Å². The molecule has 34 heavy (non-hydrogen) atoms. The summed E-state index contributed by atoms with van der Waals surface area (Å²) in [6, 6.07) is 8.84. The molecule has 1 atom stereocenters. The lowest BCUT2D eigenvalue weighted by molar-refractivity contribution is 0.281. The third-order valence-electron chi connectivity index (χ3n) is 5.20. The highest BCUT2D eigenvalue weighted by molar-refractivity contribution is 7.90. The van der Waals surface area contributed by atoms with E-state index in [2.05, 4.69) is 15.3 Å². The maximum Gasteiger partial charge on any atom is 0.215 e. The predicted octanol–water partition coefficient (Wildman–Crippen LogP) is 5.67. The lowest BCUT2D eigenvalue weighted by Gasteiger charge is -2.14. The second-order valence-electron chi connectivity index (χ2n) is 8.27. The largest absolute Gasteiger partial charge is 0.493 e. The van der Waals surface area contributed by atoms with Crippen molar-refractivity contribution in [3.05, 3.63) is 59.8 Å². The Hall–Kier alpha value is -3.27. The predicted molar refractivity (Wildman–Crippen MR) is 127 cm³/mol. The molecule has 4 rings (SSSR count). The number of halogens is 2. The summed E-state index contributed by atoms with van der Waals surface area (Å²) >= 11 is 0. The summed E-state index contributed by atoms with van der Waals surface area (Å²) < 4.78 is 60.1. The van der Waals surface area contributed by atoms with E-state index in [-0.39, 0.29) is 17.1 Å². The van der Waals surface area contributed by atoms with Gasteiger partial charge in [0.1, 0.15) is 29.0 Å². The number of ether oxygens (including phenoxy) is 2. The molecule has 0 unspecified atom stereocenters. The Morgan fingerprint density at radius 3 is 2.53 bits per heavy atom. The number of nitrogens with zero attached hydrogens (tertiary/aromatic N) is 2. The summed E-state index contributed by atoms with van der Waals surface area (Å²) in [5, 5.41) is 3.04. The fraction of sp³-hybridized carbons (Fsp3) is 0.333. The highest BCUT2D eigenvalue weighted by Crippen LogP contribution is 2.34. The first-order valence-electron chi connectivity index (χ1n) is 11.0. The van der Waals surface area contributed by atoms with Crippen LogP contribution in [0.4, 0.5) is 20.4 Å². The maximum atomic E-state index is 14.8. The molecule has 2 aromatic heterocycles. The van der Waals surface area contributed by atoms with E-state index in [0.717, 1.165) is 31.9 Å². The monoisotopic (exact) mass is 488 g/mol. The van der Waals surface area contributed by atoms with E-state index in [0.29, 0.717) is 41.9 Å². The molecular formula is C24H26F2N4O3S. The Morgan fingerprint density at radius 1 is 1.00 bits per heavy atom. The third-order valence-corrected chi connectivity index (χ3v) is 6.08. The van der Waals surface area contributed by atoms with Crippen LogP contribution in [0.3, 0.4) is 0 Å². The number of nitrogens with one attached hydrogen (secondary N) is 2. The average Bonchev–Trinajstić information content (AvgIpc) is 2.75. The van der Waals surface area contributed by atoms with Gasteiger partial charge in [-0.25, -0.2) is 18.0 Å². The number of pyridine rings is 2. The number of benzene rings is 1. The molecule has 7 nitrogen and oxygen atoms in total. The van der Waals surface area contributed by atoms with Crippen LogP contribution in [0.1, 0.15) is 31.2 Å². The van der Waals surface area contributed by atoms with Gasteiger partial charge < -0.3 is 14.8 Å². The number of aromatic nitrogens is 2. The number of fused-ring (bicyclic) bond motifs is 6. The number of hydrogen-bond acceptors (Lipinski definition) is 7. The molecule has 4 bridgehead atoms. The second kappa shape index (κ2) is 10.3. The molecule has 10 heteroatoms. The zero-order chi connectivity index (χ0) is 24.1. The van der Waals surface area contributed by atoms with Crippen molar-refractivity contribution in [3.8, 4) is 22.8 Å². The van der Waals surface area contributed by atoms with Crippen molar-refractivity contribution in [3.63, 3.8) is 0 Å². The summed E-state index contributed by atoms with van der Waals surface area (Å²) in [6.07, 6.45) is 5.80. The lowest BCUT2D eigenvalue weighted by atomic mass is 10.0. The van der Waals surface area contributed by atoms with Gasteiger partial charge in [-0.15, -0.1) is 0 Å². The summed E-state index contributed by atoms with van der Waals surface area (Å²) in [7, 11) is -2.79. The van der Waals surface area contributed by atoms with Crippen LogP contribution in [0.2, 0.25) is 0 Å². The van der Waals surface area contributed by atoms with Gasteiger partial charge in [-0.3, -0.25) is 4.78 Å². The van der Waals surface area contributed by atoms with Crippen LogP contribution >= 0.6 is 0 Å². The van der Waals surface area contributed by atoms with Crippen molar-refractivity contribution in [2.75, 3.05) is 24.8 Å². The lowest BCUT2D eigenvalue weighted by Crippen LogP contribution is -2.05. The first-order valence-corrected chi connectivity index (χ1v) is 13.1. The van der Waals surface area contributed by atoms with E-state index in [1.54, 1.807) is 12.1 Å². The topological polar surface area (TPSA) is 97.2 Å². The van der Waals surface area contributed by atoms with Gasteiger partial charge in [0.15, 0.2) is 0 Å². The highest BCUT2D eigenvalue weighted by Gasteiger charge is 2.15. The number of rotatable bonds is 2. The van der Waals surface area contributed by atoms with Gasteiger partial charge in [-0.2, -0.15) is 4.98 Å². The van der Waals surface area contributed by atoms with E-state index >= 15 is 0 Å². The zero-order valence-corrected chi connectivity index (χ0v) is 19.6. The molecule has 3 aromatic rings. The van der Waals surface area contributed by atoms with Gasteiger partial charge in [0.25, 0.3) is 0 Å². The van der Waals surface area contributed by atoms with Crippen molar-refractivity contribution < 1.29 is 22.5 Å². The van der Waals surface area contributed by atoms with Gasteiger partial charge in [0.05, 0.1) is 25.2 Å². The zero-order valence-electron chi connectivity index (χ0n) is 18.8. The van der Waals surface area contributed by atoms with E-state index in [1.165, 1.54) is 30.5 Å². The molecule has 0 saturated heterocycles. The van der Waals surface area contributed by atoms with Gasteiger partial charge in [0, 0.05) is 39.2 Å². The first kappa shape index (κ1) is 23.9. The molecule has 0 fully saturated rings. The molecular weight excluding hydrogens is 462 g/mol. The molecule has 0 radical (unpaired) electrons. The number of hydrogen-bond donors (Lipinski definition) is 2. The minimum Gasteiger partial charge on any atom is -0.493 e. The fourth-order valence-electron chi connectivity index (χ4n) is 3.70. The Kier molecular flexibility index (Phi) is 7.26. The van der Waals surface area contributed by atoms with Crippen LogP contribution in [0, 0.1) is 16.4 Å². The Balaban J connectivity index is 1.76. The normalized spacial score (nSPS) is 16.1. The molecule has 0 aliphatic carbocycles. The Labute approximate surface area is 197 Å². The SMILES string of the molecule is C[S@](=N)(=O)Cc1cc2nc(c1)OCCCCCCOc1cc(F)ccc1-c1cc(ncc1F)N2. The van der Waals surface area contributed by atoms with Crippen molar-refractivity contribution in [1.29, 1.82) is 4.78 Å². The fourth-order valence-corrected chi connectivity index (χ4v) is 4.50. The maximum absolute atomic E-state index is 14.8. The molecule has 0 amide bonds. The van der Waals surface area contributed by atoms with Crippen molar-refractivity contribution >= 4 is 21.4 Å². The summed E-state index contributed by atoms with van der Waals surface area (Å²) in [5.74, 6) is 0.268. The van der Waals surface area contributed by atoms with Crippen LogP contribution in [0.15, 0.2) is 42.6 Å². The summed E-state index contributed by atoms with van der Waals surface area (Å²) in [5.41, 5.74) is 1.25. The highest BCUT2D eigenvalue weighted by atomic mass is 32.2. The summed E-state index contributed by atoms with van der Waals surface area (Å²) in [6.45, 7) is 0.830. The molecule has 2 N–H and O–H groups in total. The molecule has 1 aliphatic rings. The molecule has 0 saturated carbocycles. The van der Waals surface area contributed by atoms with Crippen molar-refractivity contribution in [1.82, 2.24) is 9.97 Å². The average molecular weight is 489 g/mol. The number of anilines is 2. The summed E-state index contributed by atoms with van der Waals surface area (Å²) in [4.78, 5) is 8.55. The van der Waals surface area contributed by atoms with Gasteiger partial charge in [-0.1, -0.05) is 0 Å². The Bertz CT molecular complexity index is 1290. The quantitative estimate of drug-likeness (QED) is 0.482. The van der Waals surface area contributed by atoms with Crippen molar-refractivity contribution in [2.45, 2.75) is 31.4 Å². The third kappa shape index (κ3) is 6.40. The Morgan fingerprint density at radius 2 is 1.76 bits per heavy atom. The minimum absolute atomic E-state index is 0.0406. The van der Waals surface area contributed by atoms with Gasteiger partial charge in [-0.05, 0) is 55.5 Å². The smallest absolute Gasteiger partial charge is 0.215 e. The second-order valence-corrected chi connectivity index (χ2v) is 10.6. The van der Waals surface area contributed by atoms with Gasteiger partial charge >= 0.3 is 0 Å². The van der Waals surface area contributed by atoms with E-state index < -0.39 is 21.4 Å². The van der Waals surface area contributed by atoms with Crippen LogP contribution in [-0.2, 0) is 15.5 Å². The molecule has 180 valence electrons. The van der Waals surface area contributed by atoms with E-state index in [4.69, 9.17) is 14.3 Å². The van der Waals surface area contributed by atoms with Crippen LogP contribution in [0.5, 0.6) is 11.6 Å². The molecule has 1 aromatic carbocycles. The molecule has 1 aliphatic heterocycles. The van der Waals surface area contributed by atoms with Gasteiger partial charge in [0.2, 0.25) is 5.88 Å².